The number of aromatic nitrogens is 2. The third kappa shape index (κ3) is 2.95. The first-order chi connectivity index (χ1) is 10.7. The van der Waals surface area contributed by atoms with Crippen LogP contribution in [0.1, 0.15) is 54.0 Å². The van der Waals surface area contributed by atoms with Gasteiger partial charge in [-0.15, -0.1) is 0 Å². The quantitative estimate of drug-likeness (QED) is 0.938. The second-order valence-electron chi connectivity index (χ2n) is 5.34. The van der Waals surface area contributed by atoms with Crippen LogP contribution in [-0.2, 0) is 12.8 Å². The maximum absolute atomic E-state index is 11.9. The monoisotopic (exact) mass is 301 g/mol. The number of rotatable bonds is 4. The molecule has 1 amide bonds. The van der Waals surface area contributed by atoms with Gasteiger partial charge in [-0.3, -0.25) is 4.79 Å². The summed E-state index contributed by atoms with van der Waals surface area (Å²) in [6.45, 7) is 4.55. The van der Waals surface area contributed by atoms with Crippen molar-refractivity contribution in [3.05, 3.63) is 41.0 Å². The van der Waals surface area contributed by atoms with Crippen LogP contribution in [0.2, 0.25) is 0 Å². The average Bonchev–Trinajstić information content (AvgIpc) is 2.93. The van der Waals surface area contributed by atoms with E-state index in [4.69, 9.17) is 9.26 Å². The first kappa shape index (κ1) is 14.6. The molecule has 2 heterocycles. The van der Waals surface area contributed by atoms with Gasteiger partial charge in [0.05, 0.1) is 0 Å². The highest BCUT2D eigenvalue weighted by atomic mass is 16.5. The van der Waals surface area contributed by atoms with E-state index in [1.54, 1.807) is 6.07 Å². The third-order valence-corrected chi connectivity index (χ3v) is 3.69. The normalized spacial score (nSPS) is 15.6. The van der Waals surface area contributed by atoms with Gasteiger partial charge in [-0.1, -0.05) is 12.1 Å². The number of hydrogen-bond donors (Lipinski definition) is 1. The first-order valence-corrected chi connectivity index (χ1v) is 7.57. The van der Waals surface area contributed by atoms with E-state index in [1.807, 2.05) is 26.0 Å². The number of aryl methyl sites for hydroxylation is 2. The number of benzene rings is 1. The lowest BCUT2D eigenvalue weighted by atomic mass is 10.0. The molecule has 3 rings (SSSR count). The van der Waals surface area contributed by atoms with E-state index in [0.717, 1.165) is 30.4 Å². The van der Waals surface area contributed by atoms with Gasteiger partial charge < -0.3 is 14.6 Å². The van der Waals surface area contributed by atoms with Crippen LogP contribution >= 0.6 is 0 Å². The molecular weight excluding hydrogens is 282 g/mol. The second-order valence-corrected chi connectivity index (χ2v) is 5.34. The predicted octanol–water partition coefficient (Wildman–Crippen LogP) is 2.45. The van der Waals surface area contributed by atoms with Crippen LogP contribution in [0.5, 0.6) is 5.75 Å². The molecule has 1 aliphatic heterocycles. The number of carbonyl (C=O) groups is 1. The van der Waals surface area contributed by atoms with E-state index in [1.165, 1.54) is 0 Å². The molecule has 6 nitrogen and oxygen atoms in total. The van der Waals surface area contributed by atoms with Crippen LogP contribution in [-0.4, -0.2) is 22.6 Å². The molecule has 0 unspecified atom stereocenters. The summed E-state index contributed by atoms with van der Waals surface area (Å²) in [6.07, 6.45) is 2.19. The fourth-order valence-corrected chi connectivity index (χ4v) is 2.48. The van der Waals surface area contributed by atoms with E-state index in [-0.39, 0.29) is 12.0 Å². The highest BCUT2D eigenvalue weighted by molar-refractivity contribution is 5.96. The molecule has 1 aromatic carbocycles. The van der Waals surface area contributed by atoms with Gasteiger partial charge >= 0.3 is 0 Å². The zero-order chi connectivity index (χ0) is 15.5. The maximum Gasteiger partial charge on any atom is 0.267 e. The molecule has 6 heteroatoms. The summed E-state index contributed by atoms with van der Waals surface area (Å²) in [7, 11) is 0. The molecule has 0 bridgehead atoms. The second kappa shape index (κ2) is 6.17. The van der Waals surface area contributed by atoms with Crippen molar-refractivity contribution in [1.29, 1.82) is 0 Å². The van der Waals surface area contributed by atoms with Crippen LogP contribution in [0.3, 0.4) is 0 Å². The lowest BCUT2D eigenvalue weighted by molar-refractivity contribution is 0.0956. The SMILES string of the molecule is CCc1noc([C@@H](C)Oc2ccc3c(c2)CCCNC3=O)n1. The minimum Gasteiger partial charge on any atom is -0.481 e. The zero-order valence-electron chi connectivity index (χ0n) is 12.8. The smallest absolute Gasteiger partial charge is 0.267 e. The van der Waals surface area contributed by atoms with Crippen LogP contribution in [0.4, 0.5) is 0 Å². The van der Waals surface area contributed by atoms with E-state index < -0.39 is 0 Å². The third-order valence-electron chi connectivity index (χ3n) is 3.69. The van der Waals surface area contributed by atoms with Crippen LogP contribution in [0, 0.1) is 0 Å². The Bertz CT molecular complexity index is 681. The van der Waals surface area contributed by atoms with E-state index in [2.05, 4.69) is 15.5 Å². The molecule has 2 aromatic rings. The van der Waals surface area contributed by atoms with Gasteiger partial charge in [0.1, 0.15) is 5.75 Å². The van der Waals surface area contributed by atoms with Crippen molar-refractivity contribution < 1.29 is 14.1 Å². The molecule has 0 fully saturated rings. The Morgan fingerprint density at radius 1 is 1.45 bits per heavy atom. The summed E-state index contributed by atoms with van der Waals surface area (Å²) in [5, 5.41) is 6.75. The molecule has 0 radical (unpaired) electrons. The zero-order valence-corrected chi connectivity index (χ0v) is 12.8. The fraction of sp³-hybridized carbons (Fsp3) is 0.438. The Morgan fingerprint density at radius 2 is 2.32 bits per heavy atom. The fourth-order valence-electron chi connectivity index (χ4n) is 2.48. The lowest BCUT2D eigenvalue weighted by Gasteiger charge is -2.13. The Hall–Kier alpha value is -2.37. The Kier molecular flexibility index (Phi) is 4.09. The molecule has 1 aromatic heterocycles. The van der Waals surface area contributed by atoms with Crippen molar-refractivity contribution in [2.75, 3.05) is 6.54 Å². The number of nitrogens with zero attached hydrogens (tertiary/aromatic N) is 2. The largest absolute Gasteiger partial charge is 0.481 e. The maximum atomic E-state index is 11.9. The van der Waals surface area contributed by atoms with Crippen molar-refractivity contribution in [3.63, 3.8) is 0 Å². The molecule has 22 heavy (non-hydrogen) atoms. The van der Waals surface area contributed by atoms with Crippen LogP contribution < -0.4 is 10.1 Å². The number of amides is 1. The summed E-state index contributed by atoms with van der Waals surface area (Å²) < 4.78 is 11.1. The number of carbonyl (C=O) groups excluding carboxylic acids is 1. The topological polar surface area (TPSA) is 77.3 Å². The minimum absolute atomic E-state index is 0.0170. The van der Waals surface area contributed by atoms with Crippen molar-refractivity contribution in [1.82, 2.24) is 15.5 Å². The summed E-state index contributed by atoms with van der Waals surface area (Å²) in [5.41, 5.74) is 1.74. The lowest BCUT2D eigenvalue weighted by Crippen LogP contribution is -2.22. The highest BCUT2D eigenvalue weighted by Crippen LogP contribution is 2.25. The van der Waals surface area contributed by atoms with Crippen LogP contribution in [0.25, 0.3) is 0 Å². The van der Waals surface area contributed by atoms with Gasteiger partial charge in [0.15, 0.2) is 11.9 Å². The summed E-state index contributed by atoms with van der Waals surface area (Å²) in [5.74, 6) is 1.82. The van der Waals surface area contributed by atoms with E-state index >= 15 is 0 Å². The molecule has 0 saturated carbocycles. The number of ether oxygens (including phenoxy) is 1. The molecule has 1 aliphatic rings. The summed E-state index contributed by atoms with van der Waals surface area (Å²) in [6, 6.07) is 5.54. The van der Waals surface area contributed by atoms with Crippen molar-refractivity contribution >= 4 is 5.91 Å². The Balaban J connectivity index is 1.78. The first-order valence-electron chi connectivity index (χ1n) is 7.57. The average molecular weight is 301 g/mol. The standard InChI is InChI=1S/C16H19N3O3/c1-3-14-18-16(22-19-14)10(2)21-12-6-7-13-11(9-12)5-4-8-17-15(13)20/h6-7,9-10H,3-5,8H2,1-2H3,(H,17,20)/t10-/m1/s1. The summed E-state index contributed by atoms with van der Waals surface area (Å²) in [4.78, 5) is 16.2. The van der Waals surface area contributed by atoms with Gasteiger partial charge in [0, 0.05) is 18.5 Å². The Morgan fingerprint density at radius 3 is 3.09 bits per heavy atom. The number of nitrogens with one attached hydrogen (secondary N) is 1. The van der Waals surface area contributed by atoms with Gasteiger partial charge in [-0.2, -0.15) is 4.98 Å². The molecule has 1 atom stereocenters. The van der Waals surface area contributed by atoms with Gasteiger partial charge in [-0.05, 0) is 43.5 Å². The van der Waals surface area contributed by atoms with Gasteiger partial charge in [0.2, 0.25) is 0 Å². The molecule has 0 spiro atoms. The van der Waals surface area contributed by atoms with E-state index in [9.17, 15) is 4.79 Å². The molecule has 1 N–H and O–H groups in total. The summed E-state index contributed by atoms with van der Waals surface area (Å²) >= 11 is 0. The minimum atomic E-state index is -0.328. The number of hydrogen-bond acceptors (Lipinski definition) is 5. The van der Waals surface area contributed by atoms with Crippen LogP contribution in [0.15, 0.2) is 22.7 Å². The molecule has 116 valence electrons. The molecular formula is C16H19N3O3. The van der Waals surface area contributed by atoms with Gasteiger partial charge in [-0.25, -0.2) is 0 Å². The van der Waals surface area contributed by atoms with Gasteiger partial charge in [0.25, 0.3) is 11.8 Å². The van der Waals surface area contributed by atoms with Crippen molar-refractivity contribution in [2.24, 2.45) is 0 Å². The number of fused-ring (bicyclic) bond motifs is 1. The van der Waals surface area contributed by atoms with Crippen molar-refractivity contribution in [3.8, 4) is 5.75 Å². The molecule has 0 saturated heterocycles. The molecule has 0 aliphatic carbocycles. The van der Waals surface area contributed by atoms with E-state index in [0.29, 0.717) is 24.0 Å². The highest BCUT2D eigenvalue weighted by Gasteiger charge is 2.18. The Labute approximate surface area is 128 Å². The predicted molar refractivity (Wildman–Crippen MR) is 79.8 cm³/mol. The van der Waals surface area contributed by atoms with Crippen molar-refractivity contribution in [2.45, 2.75) is 39.2 Å².